The molecular weight excluding hydrogens is 194 g/mol. The lowest BCUT2D eigenvalue weighted by atomic mass is 9.87. The number of carbonyl (C=O) groups excluding carboxylic acids is 2. The second-order valence-corrected chi connectivity index (χ2v) is 4.54. The van der Waals surface area contributed by atoms with Crippen LogP contribution in [-0.2, 0) is 9.59 Å². The molecule has 4 nitrogen and oxygen atoms in total. The predicted molar refractivity (Wildman–Crippen MR) is 54.2 cm³/mol. The molecule has 2 fully saturated rings. The summed E-state index contributed by atoms with van der Waals surface area (Å²) in [6, 6.07) is 0. The Hall–Kier alpha value is -0.900. The number of hydrogen-bond donors (Lipinski definition) is 1. The van der Waals surface area contributed by atoms with Crippen molar-refractivity contribution in [3.05, 3.63) is 0 Å². The summed E-state index contributed by atoms with van der Waals surface area (Å²) in [7, 11) is 0. The number of carbonyl (C=O) groups is 2. The van der Waals surface area contributed by atoms with Crippen molar-refractivity contribution in [2.45, 2.75) is 38.2 Å². The van der Waals surface area contributed by atoms with Crippen LogP contribution < -0.4 is 0 Å². The van der Waals surface area contributed by atoms with E-state index in [4.69, 9.17) is 0 Å². The van der Waals surface area contributed by atoms with Crippen LogP contribution >= 0.6 is 0 Å². The first-order valence-corrected chi connectivity index (χ1v) is 5.65. The number of aliphatic hydroxyl groups excluding tert-OH is 1. The van der Waals surface area contributed by atoms with Crippen LogP contribution in [0.4, 0.5) is 0 Å². The molecule has 1 atom stereocenters. The van der Waals surface area contributed by atoms with Crippen LogP contribution in [0.5, 0.6) is 0 Å². The largest absolute Gasteiger partial charge is 0.391 e. The zero-order chi connectivity index (χ0) is 10.8. The third kappa shape index (κ3) is 2.37. The standard InChI is InChI=1S/C11H17NO3/c13-9-3-1-8(2-4-9)11(15)12-6-5-10(14)7-12/h8,10,14H,1-7H2. The zero-order valence-corrected chi connectivity index (χ0v) is 8.82. The van der Waals surface area contributed by atoms with E-state index in [1.54, 1.807) is 4.90 Å². The Balaban J connectivity index is 1.88. The molecule has 1 N–H and O–H groups in total. The van der Waals surface area contributed by atoms with E-state index in [-0.39, 0.29) is 23.7 Å². The van der Waals surface area contributed by atoms with Gasteiger partial charge in [0.05, 0.1) is 6.10 Å². The molecular formula is C11H17NO3. The maximum Gasteiger partial charge on any atom is 0.225 e. The second-order valence-electron chi connectivity index (χ2n) is 4.54. The number of aliphatic hydroxyl groups is 1. The minimum absolute atomic E-state index is 0.0213. The summed E-state index contributed by atoms with van der Waals surface area (Å²) in [5, 5.41) is 9.34. The SMILES string of the molecule is O=C1CCC(C(=O)N2CCC(O)C2)CC1. The topological polar surface area (TPSA) is 57.6 Å². The van der Waals surface area contributed by atoms with Gasteiger partial charge in [-0.3, -0.25) is 9.59 Å². The molecule has 0 bridgehead atoms. The van der Waals surface area contributed by atoms with Gasteiger partial charge in [-0.25, -0.2) is 0 Å². The summed E-state index contributed by atoms with van der Waals surface area (Å²) in [5.74, 6) is 0.438. The molecule has 2 aliphatic rings. The lowest BCUT2D eigenvalue weighted by Crippen LogP contribution is -2.36. The quantitative estimate of drug-likeness (QED) is 0.680. The summed E-state index contributed by atoms with van der Waals surface area (Å²) >= 11 is 0. The minimum atomic E-state index is -0.348. The Morgan fingerprint density at radius 1 is 1.27 bits per heavy atom. The molecule has 4 heteroatoms. The first kappa shape index (κ1) is 10.6. The van der Waals surface area contributed by atoms with Crippen LogP contribution in [0.15, 0.2) is 0 Å². The molecule has 1 amide bonds. The Morgan fingerprint density at radius 2 is 1.93 bits per heavy atom. The van der Waals surface area contributed by atoms with Gasteiger partial charge < -0.3 is 10.0 Å². The molecule has 1 saturated heterocycles. The van der Waals surface area contributed by atoms with Gasteiger partial charge >= 0.3 is 0 Å². The van der Waals surface area contributed by atoms with Crippen molar-refractivity contribution in [3.63, 3.8) is 0 Å². The third-order valence-electron chi connectivity index (χ3n) is 3.37. The fraction of sp³-hybridized carbons (Fsp3) is 0.818. The van der Waals surface area contributed by atoms with Gasteiger partial charge in [-0.1, -0.05) is 0 Å². The number of ketones is 1. The smallest absolute Gasteiger partial charge is 0.225 e. The number of hydrogen-bond acceptors (Lipinski definition) is 3. The highest BCUT2D eigenvalue weighted by Gasteiger charge is 2.31. The molecule has 0 radical (unpaired) electrons. The Kier molecular flexibility index (Phi) is 3.05. The molecule has 0 aromatic carbocycles. The van der Waals surface area contributed by atoms with Gasteiger partial charge in [0.2, 0.25) is 5.91 Å². The maximum absolute atomic E-state index is 12.0. The molecule has 2 rings (SSSR count). The molecule has 1 aliphatic carbocycles. The van der Waals surface area contributed by atoms with E-state index in [9.17, 15) is 14.7 Å². The average Bonchev–Trinajstić information content (AvgIpc) is 2.65. The van der Waals surface area contributed by atoms with Crippen molar-refractivity contribution in [1.29, 1.82) is 0 Å². The summed E-state index contributed by atoms with van der Waals surface area (Å²) in [4.78, 5) is 24.7. The van der Waals surface area contributed by atoms with Gasteiger partial charge in [0, 0.05) is 31.8 Å². The molecule has 1 heterocycles. The zero-order valence-electron chi connectivity index (χ0n) is 8.82. The van der Waals surface area contributed by atoms with Crippen LogP contribution in [0.2, 0.25) is 0 Å². The van der Waals surface area contributed by atoms with Crippen molar-refractivity contribution in [2.24, 2.45) is 5.92 Å². The lowest BCUT2D eigenvalue weighted by Gasteiger charge is -2.25. The summed E-state index contributed by atoms with van der Waals surface area (Å²) in [5.41, 5.74) is 0. The van der Waals surface area contributed by atoms with Crippen LogP contribution in [0.25, 0.3) is 0 Å². The van der Waals surface area contributed by atoms with E-state index in [1.165, 1.54) is 0 Å². The van der Waals surface area contributed by atoms with Crippen LogP contribution in [0.1, 0.15) is 32.1 Å². The first-order valence-electron chi connectivity index (χ1n) is 5.65. The third-order valence-corrected chi connectivity index (χ3v) is 3.37. The molecule has 0 aromatic rings. The first-order chi connectivity index (χ1) is 7.16. The minimum Gasteiger partial charge on any atom is -0.391 e. The van der Waals surface area contributed by atoms with Gasteiger partial charge in [-0.05, 0) is 19.3 Å². The molecule has 1 aliphatic heterocycles. The van der Waals surface area contributed by atoms with Crippen LogP contribution in [0.3, 0.4) is 0 Å². The Labute approximate surface area is 89.3 Å². The van der Waals surface area contributed by atoms with Gasteiger partial charge in [-0.15, -0.1) is 0 Å². The fourth-order valence-corrected chi connectivity index (χ4v) is 2.39. The van der Waals surface area contributed by atoms with Crippen molar-refractivity contribution in [2.75, 3.05) is 13.1 Å². The van der Waals surface area contributed by atoms with Crippen molar-refractivity contribution >= 4 is 11.7 Å². The van der Waals surface area contributed by atoms with Crippen molar-refractivity contribution < 1.29 is 14.7 Å². The normalized spacial score (nSPS) is 28.5. The number of likely N-dealkylation sites (tertiary alicyclic amines) is 1. The highest BCUT2D eigenvalue weighted by Crippen LogP contribution is 2.25. The highest BCUT2D eigenvalue weighted by molar-refractivity contribution is 5.84. The lowest BCUT2D eigenvalue weighted by molar-refractivity contribution is -0.137. The van der Waals surface area contributed by atoms with Gasteiger partial charge in [0.1, 0.15) is 5.78 Å². The van der Waals surface area contributed by atoms with Crippen LogP contribution in [-0.4, -0.2) is 40.9 Å². The van der Waals surface area contributed by atoms with E-state index < -0.39 is 0 Å². The van der Waals surface area contributed by atoms with E-state index >= 15 is 0 Å². The summed E-state index contributed by atoms with van der Waals surface area (Å²) < 4.78 is 0. The van der Waals surface area contributed by atoms with Gasteiger partial charge in [0.25, 0.3) is 0 Å². The van der Waals surface area contributed by atoms with Gasteiger partial charge in [-0.2, -0.15) is 0 Å². The molecule has 15 heavy (non-hydrogen) atoms. The van der Waals surface area contributed by atoms with Crippen LogP contribution in [0, 0.1) is 5.92 Å². The number of rotatable bonds is 1. The Morgan fingerprint density at radius 3 is 2.47 bits per heavy atom. The van der Waals surface area contributed by atoms with E-state index in [0.29, 0.717) is 45.2 Å². The molecule has 0 spiro atoms. The molecule has 1 saturated carbocycles. The van der Waals surface area contributed by atoms with Crippen molar-refractivity contribution in [1.82, 2.24) is 4.90 Å². The average molecular weight is 211 g/mol. The number of Topliss-reactive ketones (excluding diaryl/α,β-unsaturated/α-hetero) is 1. The fourth-order valence-electron chi connectivity index (χ4n) is 2.39. The molecule has 0 aromatic heterocycles. The maximum atomic E-state index is 12.0. The van der Waals surface area contributed by atoms with Gasteiger partial charge in [0.15, 0.2) is 0 Å². The Bertz CT molecular complexity index is 267. The van der Waals surface area contributed by atoms with E-state index in [1.807, 2.05) is 0 Å². The number of amides is 1. The molecule has 1 unspecified atom stereocenters. The highest BCUT2D eigenvalue weighted by atomic mass is 16.3. The number of β-amino-alcohol motifs (C(OH)–C–C–N with tert-alkyl or cyclic N) is 1. The number of nitrogens with zero attached hydrogens (tertiary/aromatic N) is 1. The monoisotopic (exact) mass is 211 g/mol. The second kappa shape index (κ2) is 4.31. The predicted octanol–water partition coefficient (Wildman–Crippen LogP) is 0.339. The van der Waals surface area contributed by atoms with E-state index in [2.05, 4.69) is 0 Å². The van der Waals surface area contributed by atoms with E-state index in [0.717, 1.165) is 0 Å². The molecule has 84 valence electrons. The summed E-state index contributed by atoms with van der Waals surface area (Å²) in [6.07, 6.45) is 2.84. The summed E-state index contributed by atoms with van der Waals surface area (Å²) in [6.45, 7) is 1.15. The van der Waals surface area contributed by atoms with Crippen molar-refractivity contribution in [3.8, 4) is 0 Å².